The van der Waals surface area contributed by atoms with Crippen molar-refractivity contribution in [2.75, 3.05) is 13.2 Å². The van der Waals surface area contributed by atoms with E-state index >= 15 is 0 Å². The van der Waals surface area contributed by atoms with Crippen LogP contribution in [-0.4, -0.2) is 21.6 Å². The van der Waals surface area contributed by atoms with Gasteiger partial charge in [0.25, 0.3) is 0 Å². The van der Waals surface area contributed by atoms with Crippen LogP contribution >= 0.6 is 22.9 Å². The molecule has 114 valence electrons. The average Bonchev–Trinajstić information content (AvgIpc) is 2.77. The van der Waals surface area contributed by atoms with Gasteiger partial charge in [-0.05, 0) is 44.2 Å². The van der Waals surface area contributed by atoms with Crippen LogP contribution < -0.4 is 9.46 Å². The molecule has 1 heterocycles. The molecule has 0 amide bonds. The number of sulfonamides is 1. The number of ether oxygens (including phenoxy) is 1. The van der Waals surface area contributed by atoms with Crippen molar-refractivity contribution in [1.29, 1.82) is 0 Å². The number of thiophene rings is 1. The zero-order valence-electron chi connectivity index (χ0n) is 11.7. The molecule has 0 aliphatic carbocycles. The summed E-state index contributed by atoms with van der Waals surface area (Å²) in [6.45, 7) is 4.15. The van der Waals surface area contributed by atoms with Gasteiger partial charge < -0.3 is 4.74 Å². The van der Waals surface area contributed by atoms with Gasteiger partial charge in [0, 0.05) is 21.3 Å². The van der Waals surface area contributed by atoms with Crippen molar-refractivity contribution in [2.24, 2.45) is 0 Å². The average molecular weight is 346 g/mol. The van der Waals surface area contributed by atoms with Crippen LogP contribution in [0.5, 0.6) is 5.75 Å². The van der Waals surface area contributed by atoms with E-state index in [1.807, 2.05) is 6.92 Å². The molecule has 2 rings (SSSR count). The Balaban J connectivity index is 1.88. The maximum atomic E-state index is 12.1. The van der Waals surface area contributed by atoms with Gasteiger partial charge >= 0.3 is 0 Å². The molecule has 0 bridgehead atoms. The fourth-order valence-corrected chi connectivity index (χ4v) is 4.52. The van der Waals surface area contributed by atoms with E-state index in [2.05, 4.69) is 4.72 Å². The van der Waals surface area contributed by atoms with Crippen molar-refractivity contribution in [1.82, 2.24) is 4.72 Å². The molecule has 4 nitrogen and oxygen atoms in total. The molecule has 0 saturated heterocycles. The lowest BCUT2D eigenvalue weighted by Crippen LogP contribution is -2.28. The van der Waals surface area contributed by atoms with E-state index in [4.69, 9.17) is 16.3 Å². The lowest BCUT2D eigenvalue weighted by Gasteiger charge is -2.08. The Labute approximate surface area is 133 Å². The molecule has 1 aromatic carbocycles. The number of hydrogen-bond donors (Lipinski definition) is 1. The Kier molecular flexibility index (Phi) is 5.27. The molecular formula is C14H16ClNO3S2. The lowest BCUT2D eigenvalue weighted by molar-refractivity contribution is 0.323. The summed E-state index contributed by atoms with van der Waals surface area (Å²) in [7, 11) is -3.47. The maximum absolute atomic E-state index is 12.1. The zero-order chi connectivity index (χ0) is 15.5. The molecule has 0 spiro atoms. The van der Waals surface area contributed by atoms with Crippen LogP contribution in [0.1, 0.15) is 9.75 Å². The minimum Gasteiger partial charge on any atom is -0.492 e. The van der Waals surface area contributed by atoms with Crippen LogP contribution in [0.15, 0.2) is 35.2 Å². The van der Waals surface area contributed by atoms with E-state index in [0.29, 0.717) is 15.7 Å². The van der Waals surface area contributed by atoms with E-state index in [0.717, 1.165) is 9.75 Å². The second-order valence-electron chi connectivity index (χ2n) is 4.48. The maximum Gasteiger partial charge on any atom is 0.241 e. The lowest BCUT2D eigenvalue weighted by atomic mass is 10.3. The van der Waals surface area contributed by atoms with Gasteiger partial charge in [0.2, 0.25) is 10.0 Å². The van der Waals surface area contributed by atoms with Crippen LogP contribution in [0.2, 0.25) is 5.02 Å². The first kappa shape index (κ1) is 16.3. The Morgan fingerprint density at radius 3 is 2.48 bits per heavy atom. The molecule has 0 aliphatic rings. The van der Waals surface area contributed by atoms with Crippen LogP contribution in [0.3, 0.4) is 0 Å². The topological polar surface area (TPSA) is 55.4 Å². The standard InChI is InChI=1S/C14H16ClNO3S2/c1-10-9-14(11(2)20-10)21(17,18)16-7-8-19-13-5-3-12(15)4-6-13/h3-6,9,16H,7-8H2,1-2H3. The van der Waals surface area contributed by atoms with Gasteiger partial charge in [0.1, 0.15) is 12.4 Å². The Morgan fingerprint density at radius 1 is 1.24 bits per heavy atom. The summed E-state index contributed by atoms with van der Waals surface area (Å²) in [5.74, 6) is 0.654. The number of hydrogen-bond acceptors (Lipinski definition) is 4. The summed E-state index contributed by atoms with van der Waals surface area (Å²) in [6, 6.07) is 8.60. The predicted molar refractivity (Wildman–Crippen MR) is 85.9 cm³/mol. The second-order valence-corrected chi connectivity index (χ2v) is 8.11. The van der Waals surface area contributed by atoms with Gasteiger partial charge in [0.15, 0.2) is 0 Å². The summed E-state index contributed by atoms with van der Waals surface area (Å²) in [6.07, 6.45) is 0. The number of benzene rings is 1. The van der Waals surface area contributed by atoms with Crippen molar-refractivity contribution in [2.45, 2.75) is 18.7 Å². The van der Waals surface area contributed by atoms with Gasteiger partial charge in [-0.3, -0.25) is 0 Å². The number of rotatable bonds is 6. The third-order valence-electron chi connectivity index (χ3n) is 2.76. The summed E-state index contributed by atoms with van der Waals surface area (Å²) >= 11 is 7.24. The summed E-state index contributed by atoms with van der Waals surface area (Å²) in [4.78, 5) is 2.11. The summed E-state index contributed by atoms with van der Waals surface area (Å²) in [5, 5.41) is 0.631. The molecule has 0 atom stereocenters. The third-order valence-corrected chi connectivity index (χ3v) is 5.70. The minimum absolute atomic E-state index is 0.208. The van der Waals surface area contributed by atoms with Gasteiger partial charge in [-0.25, -0.2) is 13.1 Å². The monoisotopic (exact) mass is 345 g/mol. The normalized spacial score (nSPS) is 11.6. The highest BCUT2D eigenvalue weighted by Crippen LogP contribution is 2.24. The molecule has 0 unspecified atom stereocenters. The van der Waals surface area contributed by atoms with E-state index in [9.17, 15) is 8.42 Å². The van der Waals surface area contributed by atoms with Gasteiger partial charge in [-0.2, -0.15) is 0 Å². The third kappa shape index (κ3) is 4.44. The van der Waals surface area contributed by atoms with Crippen molar-refractivity contribution in [3.8, 4) is 5.75 Å². The molecule has 0 radical (unpaired) electrons. The van der Waals surface area contributed by atoms with Crippen molar-refractivity contribution >= 4 is 33.0 Å². The van der Waals surface area contributed by atoms with Crippen LogP contribution in [0.4, 0.5) is 0 Å². The predicted octanol–water partition coefficient (Wildman–Crippen LogP) is 3.38. The van der Waals surface area contributed by atoms with E-state index < -0.39 is 10.0 Å². The quantitative estimate of drug-likeness (QED) is 0.816. The highest BCUT2D eigenvalue weighted by Gasteiger charge is 2.18. The first-order valence-electron chi connectivity index (χ1n) is 6.33. The molecule has 1 N–H and O–H groups in total. The largest absolute Gasteiger partial charge is 0.492 e. The Morgan fingerprint density at radius 2 is 1.90 bits per heavy atom. The van der Waals surface area contributed by atoms with Crippen molar-refractivity contribution in [3.05, 3.63) is 45.1 Å². The highest BCUT2D eigenvalue weighted by molar-refractivity contribution is 7.89. The fourth-order valence-electron chi connectivity index (χ4n) is 1.83. The van der Waals surface area contributed by atoms with E-state index in [1.54, 1.807) is 37.3 Å². The molecule has 21 heavy (non-hydrogen) atoms. The van der Waals surface area contributed by atoms with Crippen LogP contribution in [0, 0.1) is 13.8 Å². The minimum atomic E-state index is -3.47. The van der Waals surface area contributed by atoms with Crippen LogP contribution in [-0.2, 0) is 10.0 Å². The molecule has 2 aromatic rings. The van der Waals surface area contributed by atoms with Gasteiger partial charge in [-0.15, -0.1) is 11.3 Å². The smallest absolute Gasteiger partial charge is 0.241 e. The number of halogens is 1. The van der Waals surface area contributed by atoms with E-state index in [1.165, 1.54) is 11.3 Å². The molecule has 0 saturated carbocycles. The first-order chi connectivity index (χ1) is 9.88. The molecule has 7 heteroatoms. The van der Waals surface area contributed by atoms with E-state index in [-0.39, 0.29) is 13.2 Å². The summed E-state index contributed by atoms with van der Waals surface area (Å²) in [5.41, 5.74) is 0. The number of aryl methyl sites for hydroxylation is 2. The van der Waals surface area contributed by atoms with Crippen molar-refractivity contribution < 1.29 is 13.2 Å². The Hall–Kier alpha value is -1.08. The second kappa shape index (κ2) is 6.79. The number of nitrogens with one attached hydrogen (secondary N) is 1. The first-order valence-corrected chi connectivity index (χ1v) is 9.01. The molecular weight excluding hydrogens is 330 g/mol. The SMILES string of the molecule is Cc1cc(S(=O)(=O)NCCOc2ccc(Cl)cc2)c(C)s1. The van der Waals surface area contributed by atoms with Gasteiger partial charge in [-0.1, -0.05) is 11.6 Å². The van der Waals surface area contributed by atoms with Gasteiger partial charge in [0.05, 0.1) is 4.90 Å². The zero-order valence-corrected chi connectivity index (χ0v) is 14.1. The summed E-state index contributed by atoms with van der Waals surface area (Å²) < 4.78 is 32.3. The molecule has 0 fully saturated rings. The Bertz CT molecular complexity index is 708. The van der Waals surface area contributed by atoms with Crippen molar-refractivity contribution in [3.63, 3.8) is 0 Å². The molecule has 1 aromatic heterocycles. The van der Waals surface area contributed by atoms with Crippen LogP contribution in [0.25, 0.3) is 0 Å². The molecule has 0 aliphatic heterocycles. The highest BCUT2D eigenvalue weighted by atomic mass is 35.5. The fraction of sp³-hybridized carbons (Fsp3) is 0.286.